The molecular formula is C12H20O5. The van der Waals surface area contributed by atoms with Crippen molar-refractivity contribution in [2.45, 2.75) is 49.8 Å². The monoisotopic (exact) mass is 244 g/mol. The lowest BCUT2D eigenvalue weighted by Gasteiger charge is -2.59. The number of fused-ring (bicyclic) bond motifs is 2. The summed E-state index contributed by atoms with van der Waals surface area (Å²) in [5.41, 5.74) is -0.400. The van der Waals surface area contributed by atoms with Crippen LogP contribution < -0.4 is 0 Å². The first kappa shape index (κ1) is 11.9. The van der Waals surface area contributed by atoms with Crippen molar-refractivity contribution in [3.63, 3.8) is 0 Å². The molecule has 0 aromatic heterocycles. The number of methoxy groups -OCH3 is 2. The normalized spacial score (nSPS) is 49.1. The maximum absolute atomic E-state index is 5.93. The smallest absolute Gasteiger partial charge is 0.227 e. The van der Waals surface area contributed by atoms with Crippen LogP contribution in [-0.2, 0) is 24.0 Å². The maximum Gasteiger partial charge on any atom is 0.227 e. The molecule has 0 amide bonds. The predicted octanol–water partition coefficient (Wildman–Crippen LogP) is 1.61. The van der Waals surface area contributed by atoms with E-state index in [2.05, 4.69) is 0 Å². The second-order valence-corrected chi connectivity index (χ2v) is 5.30. The molecule has 0 N–H and O–H groups in total. The zero-order valence-electron chi connectivity index (χ0n) is 10.4. The minimum Gasteiger partial charge on any atom is -0.379 e. The molecular weight excluding hydrogens is 224 g/mol. The van der Waals surface area contributed by atoms with Gasteiger partial charge in [0.1, 0.15) is 6.61 Å². The van der Waals surface area contributed by atoms with Crippen LogP contribution in [-0.4, -0.2) is 38.5 Å². The number of rotatable bonds is 3. The molecule has 3 aliphatic heterocycles. The maximum atomic E-state index is 5.93. The van der Waals surface area contributed by atoms with Gasteiger partial charge in [-0.15, -0.1) is 0 Å². The summed E-state index contributed by atoms with van der Waals surface area (Å²) in [6.45, 7) is 0.374. The average molecular weight is 244 g/mol. The Morgan fingerprint density at radius 3 is 2.88 bits per heavy atom. The zero-order chi connectivity index (χ0) is 11.9. The Kier molecular flexibility index (Phi) is 2.91. The highest BCUT2D eigenvalue weighted by molar-refractivity contribution is 5.02. The summed E-state index contributed by atoms with van der Waals surface area (Å²) in [6, 6.07) is 0. The summed E-state index contributed by atoms with van der Waals surface area (Å²) in [5.74, 6) is -0.335. The molecule has 17 heavy (non-hydrogen) atoms. The summed E-state index contributed by atoms with van der Waals surface area (Å²) in [4.78, 5) is 11.2. The van der Waals surface area contributed by atoms with Crippen LogP contribution in [0.1, 0.15) is 32.1 Å². The Bertz CT molecular complexity index is 285. The van der Waals surface area contributed by atoms with Gasteiger partial charge in [0.25, 0.3) is 0 Å². The molecule has 5 nitrogen and oxygen atoms in total. The highest BCUT2D eigenvalue weighted by atomic mass is 17.3. The molecule has 1 saturated carbocycles. The van der Waals surface area contributed by atoms with Gasteiger partial charge in [0.15, 0.2) is 11.9 Å². The summed E-state index contributed by atoms with van der Waals surface area (Å²) in [7, 11) is 3.30. The third-order valence-electron chi connectivity index (χ3n) is 4.27. The predicted molar refractivity (Wildman–Crippen MR) is 58.0 cm³/mol. The van der Waals surface area contributed by atoms with Crippen LogP contribution in [0.2, 0.25) is 0 Å². The fourth-order valence-electron chi connectivity index (χ4n) is 3.48. The van der Waals surface area contributed by atoms with E-state index in [1.54, 1.807) is 14.2 Å². The van der Waals surface area contributed by atoms with Crippen LogP contribution in [0.3, 0.4) is 0 Å². The minimum atomic E-state index is -0.779. The molecule has 4 rings (SSSR count). The average Bonchev–Trinajstić information content (AvgIpc) is 2.37. The van der Waals surface area contributed by atoms with Gasteiger partial charge < -0.3 is 14.2 Å². The highest BCUT2D eigenvalue weighted by Gasteiger charge is 2.65. The van der Waals surface area contributed by atoms with E-state index < -0.39 is 11.4 Å². The number of hydrogen-bond donors (Lipinski definition) is 0. The Hall–Kier alpha value is -0.200. The van der Waals surface area contributed by atoms with Crippen molar-refractivity contribution in [1.82, 2.24) is 0 Å². The highest BCUT2D eigenvalue weighted by Crippen LogP contribution is 2.54. The van der Waals surface area contributed by atoms with Crippen molar-refractivity contribution in [3.05, 3.63) is 0 Å². The van der Waals surface area contributed by atoms with E-state index in [4.69, 9.17) is 24.0 Å². The van der Waals surface area contributed by atoms with E-state index in [9.17, 15) is 0 Å². The van der Waals surface area contributed by atoms with E-state index in [0.29, 0.717) is 12.5 Å². The first-order chi connectivity index (χ1) is 8.25. The van der Waals surface area contributed by atoms with Gasteiger partial charge >= 0.3 is 0 Å². The largest absolute Gasteiger partial charge is 0.379 e. The van der Waals surface area contributed by atoms with Crippen LogP contribution >= 0.6 is 0 Å². The lowest BCUT2D eigenvalue weighted by molar-refractivity contribution is -0.594. The molecule has 0 aromatic rings. The Morgan fingerprint density at radius 1 is 1.24 bits per heavy atom. The first-order valence-corrected chi connectivity index (χ1v) is 6.31. The SMILES string of the molecule is COC[C@]12CC3CCCC[C@@]3(OO1)[C@H](OC)O2. The zero-order valence-corrected chi connectivity index (χ0v) is 10.4. The topological polar surface area (TPSA) is 46.2 Å². The van der Waals surface area contributed by atoms with Crippen molar-refractivity contribution in [2.75, 3.05) is 20.8 Å². The molecule has 1 unspecified atom stereocenters. The van der Waals surface area contributed by atoms with Crippen LogP contribution in [0, 0.1) is 5.92 Å². The Morgan fingerprint density at radius 2 is 2.12 bits per heavy atom. The lowest BCUT2D eigenvalue weighted by Crippen LogP contribution is -2.70. The second kappa shape index (κ2) is 4.17. The third-order valence-corrected chi connectivity index (χ3v) is 4.27. The summed E-state index contributed by atoms with van der Waals surface area (Å²) < 4.78 is 16.6. The third kappa shape index (κ3) is 1.64. The second-order valence-electron chi connectivity index (χ2n) is 5.30. The molecule has 4 atom stereocenters. The van der Waals surface area contributed by atoms with Crippen molar-refractivity contribution >= 4 is 0 Å². The van der Waals surface area contributed by atoms with Crippen molar-refractivity contribution in [2.24, 2.45) is 5.92 Å². The van der Waals surface area contributed by atoms with E-state index in [1.807, 2.05) is 0 Å². The van der Waals surface area contributed by atoms with E-state index in [-0.39, 0.29) is 6.29 Å². The molecule has 0 radical (unpaired) electrons. The van der Waals surface area contributed by atoms with Crippen molar-refractivity contribution in [3.8, 4) is 0 Å². The summed E-state index contributed by atoms with van der Waals surface area (Å²) in [5, 5.41) is 0. The fourth-order valence-corrected chi connectivity index (χ4v) is 3.48. The number of ether oxygens (including phenoxy) is 3. The standard InChI is InChI=1S/C12H20O5/c1-13-8-11-7-9-5-3-4-6-12(9,17-16-11)10(14-2)15-11/h9-10H,3-8H2,1-2H3/t9?,10-,11+,12+/m1/s1. The molecule has 0 aromatic carbocycles. The van der Waals surface area contributed by atoms with Gasteiger partial charge in [-0.25, -0.2) is 4.89 Å². The van der Waals surface area contributed by atoms with Crippen LogP contribution in [0.15, 0.2) is 0 Å². The molecule has 3 heterocycles. The van der Waals surface area contributed by atoms with E-state index in [1.165, 1.54) is 6.42 Å². The molecule has 2 bridgehead atoms. The van der Waals surface area contributed by atoms with Gasteiger partial charge in [-0.3, -0.25) is 0 Å². The molecule has 3 saturated heterocycles. The Labute approximate surface area is 101 Å². The minimum absolute atomic E-state index is 0.342. The van der Waals surface area contributed by atoms with Gasteiger partial charge in [0, 0.05) is 26.6 Å². The van der Waals surface area contributed by atoms with Gasteiger partial charge in [-0.2, -0.15) is 4.89 Å². The molecule has 4 fully saturated rings. The molecule has 98 valence electrons. The molecule has 1 spiro atoms. The summed E-state index contributed by atoms with van der Waals surface area (Å²) in [6.07, 6.45) is 4.97. The van der Waals surface area contributed by atoms with Crippen molar-refractivity contribution in [1.29, 1.82) is 0 Å². The van der Waals surface area contributed by atoms with Gasteiger partial charge in [0.2, 0.25) is 5.79 Å². The first-order valence-electron chi connectivity index (χ1n) is 6.31. The van der Waals surface area contributed by atoms with Crippen LogP contribution in [0.25, 0.3) is 0 Å². The van der Waals surface area contributed by atoms with Crippen molar-refractivity contribution < 1.29 is 24.0 Å². The Balaban J connectivity index is 1.88. The molecule has 1 aliphatic carbocycles. The van der Waals surface area contributed by atoms with Crippen LogP contribution in [0.5, 0.6) is 0 Å². The number of hydrogen-bond acceptors (Lipinski definition) is 5. The lowest BCUT2D eigenvalue weighted by atomic mass is 9.69. The van der Waals surface area contributed by atoms with Gasteiger partial charge in [-0.1, -0.05) is 12.8 Å². The van der Waals surface area contributed by atoms with E-state index in [0.717, 1.165) is 25.7 Å². The van der Waals surface area contributed by atoms with Gasteiger partial charge in [0.05, 0.1) is 0 Å². The summed E-state index contributed by atoms with van der Waals surface area (Å²) >= 11 is 0. The van der Waals surface area contributed by atoms with Gasteiger partial charge in [-0.05, 0) is 12.8 Å². The molecule has 5 heteroatoms. The molecule has 4 aliphatic rings. The quantitative estimate of drug-likeness (QED) is 0.706. The fraction of sp³-hybridized carbons (Fsp3) is 1.00. The van der Waals surface area contributed by atoms with Crippen LogP contribution in [0.4, 0.5) is 0 Å². The van der Waals surface area contributed by atoms with E-state index >= 15 is 0 Å².